The Labute approximate surface area is 101 Å². The molecule has 16 heavy (non-hydrogen) atoms. The van der Waals surface area contributed by atoms with Crippen LogP contribution in [0.5, 0.6) is 0 Å². The number of carboxylic acid groups (broad SMARTS) is 1. The Kier molecular flexibility index (Phi) is 2.85. The molecule has 2 N–H and O–H groups in total. The van der Waals surface area contributed by atoms with Gasteiger partial charge in [0.2, 0.25) is 0 Å². The van der Waals surface area contributed by atoms with Crippen molar-refractivity contribution >= 4 is 29.2 Å². The van der Waals surface area contributed by atoms with Crippen LogP contribution < -0.4 is 0 Å². The molecule has 0 aliphatic heterocycles. The Morgan fingerprint density at radius 3 is 2.75 bits per heavy atom. The zero-order valence-corrected chi connectivity index (χ0v) is 9.38. The van der Waals surface area contributed by atoms with E-state index in [1.54, 1.807) is 18.2 Å². The lowest BCUT2D eigenvalue weighted by atomic mass is 10.1. The fourth-order valence-corrected chi connectivity index (χ4v) is 1.85. The molecule has 0 aliphatic carbocycles. The third-order valence-corrected chi connectivity index (χ3v) is 2.62. The topological polar surface area (TPSA) is 66.0 Å². The summed E-state index contributed by atoms with van der Waals surface area (Å²) in [6.45, 7) is 0. The van der Waals surface area contributed by atoms with Crippen LogP contribution in [0.15, 0.2) is 24.4 Å². The first-order valence-electron chi connectivity index (χ1n) is 4.31. The largest absolute Gasteiger partial charge is 0.478 e. The van der Waals surface area contributed by atoms with Gasteiger partial charge in [-0.25, -0.2) is 4.79 Å². The van der Waals surface area contributed by atoms with Gasteiger partial charge in [0.15, 0.2) is 0 Å². The summed E-state index contributed by atoms with van der Waals surface area (Å²) in [7, 11) is 0. The summed E-state index contributed by atoms with van der Waals surface area (Å²) < 4.78 is 0. The molecule has 0 saturated heterocycles. The second-order valence-electron chi connectivity index (χ2n) is 3.09. The minimum atomic E-state index is -1.06. The first-order valence-corrected chi connectivity index (χ1v) is 5.07. The van der Waals surface area contributed by atoms with E-state index in [2.05, 4.69) is 10.2 Å². The SMILES string of the molecule is O=C(O)c1cn[nH]c1-c1ccc(Cl)cc1Cl. The minimum Gasteiger partial charge on any atom is -0.478 e. The molecule has 1 aromatic heterocycles. The van der Waals surface area contributed by atoms with Crippen molar-refractivity contribution in [3.63, 3.8) is 0 Å². The molecular formula is C10H6Cl2N2O2. The van der Waals surface area contributed by atoms with Crippen LogP contribution >= 0.6 is 23.2 Å². The molecule has 4 nitrogen and oxygen atoms in total. The summed E-state index contributed by atoms with van der Waals surface area (Å²) >= 11 is 11.7. The third-order valence-electron chi connectivity index (χ3n) is 2.07. The lowest BCUT2D eigenvalue weighted by Gasteiger charge is -2.03. The van der Waals surface area contributed by atoms with Crippen molar-refractivity contribution in [1.82, 2.24) is 10.2 Å². The summed E-state index contributed by atoms with van der Waals surface area (Å²) in [5, 5.41) is 16.1. The van der Waals surface area contributed by atoms with Gasteiger partial charge in [-0.15, -0.1) is 0 Å². The van der Waals surface area contributed by atoms with Crippen LogP contribution in [0.4, 0.5) is 0 Å². The van der Waals surface area contributed by atoms with Crippen LogP contribution in [0.1, 0.15) is 10.4 Å². The number of hydrogen-bond acceptors (Lipinski definition) is 2. The van der Waals surface area contributed by atoms with Crippen LogP contribution in [0.25, 0.3) is 11.3 Å². The van der Waals surface area contributed by atoms with Gasteiger partial charge in [0, 0.05) is 10.6 Å². The number of halogens is 2. The lowest BCUT2D eigenvalue weighted by molar-refractivity contribution is 0.0698. The smallest absolute Gasteiger partial charge is 0.339 e. The Morgan fingerprint density at radius 1 is 1.38 bits per heavy atom. The van der Waals surface area contributed by atoms with Crippen LogP contribution in [0, 0.1) is 0 Å². The van der Waals surface area contributed by atoms with Crippen molar-refractivity contribution in [2.24, 2.45) is 0 Å². The molecule has 0 aliphatic rings. The Bertz CT molecular complexity index is 552. The number of aromatic nitrogens is 2. The molecule has 2 rings (SSSR count). The molecule has 0 atom stereocenters. The maximum Gasteiger partial charge on any atom is 0.339 e. The maximum atomic E-state index is 10.9. The number of nitrogens with one attached hydrogen (secondary N) is 1. The van der Waals surface area contributed by atoms with Gasteiger partial charge >= 0.3 is 5.97 Å². The standard InChI is InChI=1S/C10H6Cl2N2O2/c11-5-1-2-6(8(12)3-5)9-7(10(15)16)4-13-14-9/h1-4H,(H,13,14)(H,15,16). The zero-order chi connectivity index (χ0) is 11.7. The predicted molar refractivity (Wildman–Crippen MR) is 61.0 cm³/mol. The molecule has 6 heteroatoms. The molecule has 0 spiro atoms. The van der Waals surface area contributed by atoms with Crippen molar-refractivity contribution in [3.05, 3.63) is 40.0 Å². The van der Waals surface area contributed by atoms with Crippen LogP contribution in [-0.2, 0) is 0 Å². The van der Waals surface area contributed by atoms with E-state index < -0.39 is 5.97 Å². The highest BCUT2D eigenvalue weighted by Crippen LogP contribution is 2.30. The van der Waals surface area contributed by atoms with E-state index in [-0.39, 0.29) is 5.56 Å². The first-order chi connectivity index (χ1) is 7.59. The van der Waals surface area contributed by atoms with Gasteiger partial charge in [0.05, 0.1) is 16.9 Å². The highest BCUT2D eigenvalue weighted by molar-refractivity contribution is 6.36. The summed E-state index contributed by atoms with van der Waals surface area (Å²) in [6, 6.07) is 4.82. The fourth-order valence-electron chi connectivity index (χ4n) is 1.35. The van der Waals surface area contributed by atoms with Gasteiger partial charge in [-0.2, -0.15) is 5.10 Å². The van der Waals surface area contributed by atoms with Crippen LogP contribution in [0.3, 0.4) is 0 Å². The summed E-state index contributed by atoms with van der Waals surface area (Å²) in [4.78, 5) is 10.9. The number of nitrogens with zero attached hydrogens (tertiary/aromatic N) is 1. The van der Waals surface area contributed by atoms with Gasteiger partial charge in [0.25, 0.3) is 0 Å². The normalized spacial score (nSPS) is 10.4. The van der Waals surface area contributed by atoms with E-state index in [1.165, 1.54) is 6.20 Å². The number of aromatic carboxylic acids is 1. The Balaban J connectivity index is 2.59. The maximum absolute atomic E-state index is 10.9. The van der Waals surface area contributed by atoms with E-state index in [0.717, 1.165) is 0 Å². The van der Waals surface area contributed by atoms with Crippen molar-refractivity contribution < 1.29 is 9.90 Å². The summed E-state index contributed by atoms with van der Waals surface area (Å²) in [6.07, 6.45) is 1.24. The fraction of sp³-hybridized carbons (Fsp3) is 0. The molecule has 0 saturated carbocycles. The molecular weight excluding hydrogens is 251 g/mol. The van der Waals surface area contributed by atoms with Gasteiger partial charge in [-0.3, -0.25) is 5.10 Å². The number of carbonyl (C=O) groups is 1. The first kappa shape index (κ1) is 11.0. The highest BCUT2D eigenvalue weighted by atomic mass is 35.5. The summed E-state index contributed by atoms with van der Waals surface area (Å²) in [5.41, 5.74) is 0.999. The summed E-state index contributed by atoms with van der Waals surface area (Å²) in [5.74, 6) is -1.06. The lowest BCUT2D eigenvalue weighted by Crippen LogP contribution is -1.97. The van der Waals surface area contributed by atoms with Gasteiger partial charge in [-0.05, 0) is 18.2 Å². The van der Waals surface area contributed by atoms with Gasteiger partial charge in [0.1, 0.15) is 5.56 Å². The van der Waals surface area contributed by atoms with Gasteiger partial charge < -0.3 is 5.11 Å². The minimum absolute atomic E-state index is 0.0734. The van der Waals surface area contributed by atoms with Crippen molar-refractivity contribution in [2.45, 2.75) is 0 Å². The van der Waals surface area contributed by atoms with E-state index in [4.69, 9.17) is 28.3 Å². The monoisotopic (exact) mass is 256 g/mol. The molecule has 0 amide bonds. The van der Waals surface area contributed by atoms with E-state index in [0.29, 0.717) is 21.3 Å². The van der Waals surface area contributed by atoms with E-state index in [9.17, 15) is 4.79 Å². The number of rotatable bonds is 2. The van der Waals surface area contributed by atoms with E-state index >= 15 is 0 Å². The predicted octanol–water partition coefficient (Wildman–Crippen LogP) is 3.08. The van der Waals surface area contributed by atoms with Gasteiger partial charge in [-0.1, -0.05) is 23.2 Å². The van der Waals surface area contributed by atoms with E-state index in [1.807, 2.05) is 0 Å². The Hall–Kier alpha value is -1.52. The third kappa shape index (κ3) is 1.89. The number of benzene rings is 1. The highest BCUT2D eigenvalue weighted by Gasteiger charge is 2.16. The van der Waals surface area contributed by atoms with Crippen LogP contribution in [0.2, 0.25) is 10.0 Å². The second-order valence-corrected chi connectivity index (χ2v) is 3.93. The number of carboxylic acids is 1. The quantitative estimate of drug-likeness (QED) is 0.868. The Morgan fingerprint density at radius 2 is 2.12 bits per heavy atom. The zero-order valence-electron chi connectivity index (χ0n) is 7.87. The van der Waals surface area contributed by atoms with Crippen LogP contribution in [-0.4, -0.2) is 21.3 Å². The molecule has 1 heterocycles. The molecule has 1 aromatic carbocycles. The molecule has 0 unspecified atom stereocenters. The second kappa shape index (κ2) is 4.15. The molecule has 0 fully saturated rings. The van der Waals surface area contributed by atoms with Crippen molar-refractivity contribution in [3.8, 4) is 11.3 Å². The molecule has 0 bridgehead atoms. The van der Waals surface area contributed by atoms with Crippen molar-refractivity contribution in [2.75, 3.05) is 0 Å². The van der Waals surface area contributed by atoms with Crippen molar-refractivity contribution in [1.29, 1.82) is 0 Å². The number of hydrogen-bond donors (Lipinski definition) is 2. The number of H-pyrrole nitrogens is 1. The average molecular weight is 257 g/mol. The average Bonchev–Trinajstić information content (AvgIpc) is 2.66. The molecule has 2 aromatic rings. The molecule has 0 radical (unpaired) electrons. The number of aromatic amines is 1. The molecule has 82 valence electrons.